The zero-order valence-corrected chi connectivity index (χ0v) is 21.9. The standard InChI is InChI=1S/C31H29FN4O3/c1-17-21-6-4-3-5-18(21)11-12-35(17)30(37)27-15-28(19-7-8-19)36-29(33-27)16-26(34-36)22-10-9-20(13-25(22)32)23-14-24(23)31(38)39-2/h3-6,9-10,13,15-17,19,23-24H,7-8,11-12,14H2,1-2H3/t17-,23?,24-/m1/s1. The zero-order chi connectivity index (χ0) is 26.8. The van der Waals surface area contributed by atoms with Crippen molar-refractivity contribution in [3.8, 4) is 11.3 Å². The maximum Gasteiger partial charge on any atom is 0.309 e. The van der Waals surface area contributed by atoms with E-state index in [1.165, 1.54) is 24.3 Å². The van der Waals surface area contributed by atoms with Crippen LogP contribution in [0.25, 0.3) is 16.9 Å². The molecule has 0 bridgehead atoms. The number of hydrogen-bond donors (Lipinski definition) is 0. The van der Waals surface area contributed by atoms with Gasteiger partial charge in [0, 0.05) is 29.8 Å². The molecule has 1 unspecified atom stereocenters. The first-order chi connectivity index (χ1) is 18.9. The van der Waals surface area contributed by atoms with Crippen LogP contribution in [0.3, 0.4) is 0 Å². The Labute approximate surface area is 225 Å². The van der Waals surface area contributed by atoms with Crippen molar-refractivity contribution in [1.29, 1.82) is 0 Å². The second-order valence-electron chi connectivity index (χ2n) is 11.0. The van der Waals surface area contributed by atoms with Crippen LogP contribution >= 0.6 is 0 Å². The first kappa shape index (κ1) is 24.0. The number of rotatable bonds is 5. The molecule has 1 amide bonds. The third-order valence-electron chi connectivity index (χ3n) is 8.52. The molecule has 2 fully saturated rings. The molecule has 4 aromatic rings. The predicted octanol–water partition coefficient (Wildman–Crippen LogP) is 5.45. The van der Waals surface area contributed by atoms with Gasteiger partial charge in [-0.3, -0.25) is 9.59 Å². The number of esters is 1. The second kappa shape index (κ2) is 9.00. The molecule has 2 saturated carbocycles. The van der Waals surface area contributed by atoms with E-state index in [1.54, 1.807) is 16.6 Å². The lowest BCUT2D eigenvalue weighted by Crippen LogP contribution is -2.39. The molecule has 2 aliphatic carbocycles. The topological polar surface area (TPSA) is 76.8 Å². The first-order valence-corrected chi connectivity index (χ1v) is 13.6. The van der Waals surface area contributed by atoms with E-state index in [9.17, 15) is 9.59 Å². The lowest BCUT2D eigenvalue weighted by Gasteiger charge is -2.35. The van der Waals surface area contributed by atoms with Crippen molar-refractivity contribution in [1.82, 2.24) is 19.5 Å². The van der Waals surface area contributed by atoms with Crippen molar-refractivity contribution in [2.75, 3.05) is 13.7 Å². The Hall–Kier alpha value is -4.07. The van der Waals surface area contributed by atoms with E-state index in [1.807, 2.05) is 29.2 Å². The summed E-state index contributed by atoms with van der Waals surface area (Å²) in [6.07, 6.45) is 3.55. The van der Waals surface area contributed by atoms with E-state index in [-0.39, 0.29) is 29.8 Å². The predicted molar refractivity (Wildman–Crippen MR) is 143 cm³/mol. The molecule has 3 heterocycles. The number of nitrogens with zero attached hydrogens (tertiary/aromatic N) is 4. The Morgan fingerprint density at radius 3 is 2.67 bits per heavy atom. The molecular weight excluding hydrogens is 495 g/mol. The minimum atomic E-state index is -0.392. The van der Waals surface area contributed by atoms with Gasteiger partial charge in [-0.1, -0.05) is 30.3 Å². The molecule has 2 aromatic heterocycles. The van der Waals surface area contributed by atoms with Crippen molar-refractivity contribution < 1.29 is 18.7 Å². The molecule has 0 saturated heterocycles. The van der Waals surface area contributed by atoms with Crippen LogP contribution < -0.4 is 0 Å². The van der Waals surface area contributed by atoms with Gasteiger partial charge in [0.1, 0.15) is 11.5 Å². The molecule has 1 aliphatic heterocycles. The number of methoxy groups -OCH3 is 1. The molecule has 0 radical (unpaired) electrons. The Morgan fingerprint density at radius 1 is 1.08 bits per heavy atom. The van der Waals surface area contributed by atoms with Gasteiger partial charge in [-0.2, -0.15) is 5.10 Å². The van der Waals surface area contributed by atoms with E-state index in [2.05, 4.69) is 19.1 Å². The van der Waals surface area contributed by atoms with Gasteiger partial charge in [-0.25, -0.2) is 13.9 Å². The van der Waals surface area contributed by atoms with Crippen LogP contribution in [0.15, 0.2) is 54.6 Å². The largest absolute Gasteiger partial charge is 0.469 e. The van der Waals surface area contributed by atoms with E-state index >= 15 is 4.39 Å². The number of ether oxygens (including phenoxy) is 1. The molecule has 0 N–H and O–H groups in total. The fraction of sp³-hybridized carbons (Fsp3) is 0.355. The van der Waals surface area contributed by atoms with Crippen LogP contribution in [0.2, 0.25) is 0 Å². The fourth-order valence-corrected chi connectivity index (χ4v) is 6.05. The van der Waals surface area contributed by atoms with Gasteiger partial charge in [0.05, 0.1) is 24.8 Å². The van der Waals surface area contributed by atoms with Crippen molar-refractivity contribution in [2.45, 2.75) is 50.5 Å². The van der Waals surface area contributed by atoms with Crippen LogP contribution in [0, 0.1) is 11.7 Å². The summed E-state index contributed by atoms with van der Waals surface area (Å²) in [4.78, 5) is 32.2. The minimum absolute atomic E-state index is 0.0112. The summed E-state index contributed by atoms with van der Waals surface area (Å²) in [5.74, 6) is -0.639. The highest BCUT2D eigenvalue weighted by atomic mass is 19.1. The smallest absolute Gasteiger partial charge is 0.309 e. The van der Waals surface area contributed by atoms with Gasteiger partial charge < -0.3 is 9.64 Å². The quantitative estimate of drug-likeness (QED) is 0.325. The molecule has 7 nitrogen and oxygen atoms in total. The molecule has 39 heavy (non-hydrogen) atoms. The maximum atomic E-state index is 15.3. The summed E-state index contributed by atoms with van der Waals surface area (Å²) >= 11 is 0. The van der Waals surface area contributed by atoms with Gasteiger partial charge >= 0.3 is 5.97 Å². The number of carbonyl (C=O) groups is 2. The highest BCUT2D eigenvalue weighted by molar-refractivity contribution is 5.93. The molecule has 3 atom stereocenters. The average Bonchev–Trinajstić information content (AvgIpc) is 3.88. The number of hydrogen-bond acceptors (Lipinski definition) is 5. The number of benzene rings is 2. The summed E-state index contributed by atoms with van der Waals surface area (Å²) in [7, 11) is 1.37. The molecule has 8 heteroatoms. The van der Waals surface area contributed by atoms with Crippen molar-refractivity contribution in [2.24, 2.45) is 5.92 Å². The van der Waals surface area contributed by atoms with E-state index in [0.717, 1.165) is 30.5 Å². The monoisotopic (exact) mass is 524 g/mol. The summed E-state index contributed by atoms with van der Waals surface area (Å²) in [6, 6.07) is 16.9. The van der Waals surface area contributed by atoms with Crippen molar-refractivity contribution in [3.05, 3.63) is 88.5 Å². The van der Waals surface area contributed by atoms with Crippen LogP contribution in [0.5, 0.6) is 0 Å². The third-order valence-corrected chi connectivity index (χ3v) is 8.52. The molecule has 198 valence electrons. The van der Waals surface area contributed by atoms with Crippen molar-refractivity contribution >= 4 is 17.5 Å². The number of amides is 1. The zero-order valence-electron chi connectivity index (χ0n) is 21.9. The molecule has 3 aliphatic rings. The SMILES string of the molecule is COC(=O)[C@@H]1CC1c1ccc(-c2cc3nc(C(=O)N4CCc5ccccc5[C@H]4C)cc(C4CC4)n3n2)c(F)c1. The van der Waals surface area contributed by atoms with Gasteiger partial charge in [-0.15, -0.1) is 0 Å². The number of carbonyl (C=O) groups excluding carboxylic acids is 2. The number of fused-ring (bicyclic) bond motifs is 2. The highest BCUT2D eigenvalue weighted by Crippen LogP contribution is 2.48. The first-order valence-electron chi connectivity index (χ1n) is 13.6. The average molecular weight is 525 g/mol. The van der Waals surface area contributed by atoms with E-state index in [0.29, 0.717) is 41.5 Å². The Balaban J connectivity index is 1.21. The van der Waals surface area contributed by atoms with Crippen LogP contribution in [0.1, 0.15) is 76.9 Å². The van der Waals surface area contributed by atoms with Crippen LogP contribution in [0.4, 0.5) is 4.39 Å². The summed E-state index contributed by atoms with van der Waals surface area (Å²) in [5, 5.41) is 4.72. The van der Waals surface area contributed by atoms with Gasteiger partial charge in [0.15, 0.2) is 5.65 Å². The molecule has 0 spiro atoms. The van der Waals surface area contributed by atoms with Crippen LogP contribution in [-0.2, 0) is 16.0 Å². The highest BCUT2D eigenvalue weighted by Gasteiger charge is 2.45. The van der Waals surface area contributed by atoms with E-state index in [4.69, 9.17) is 14.8 Å². The minimum Gasteiger partial charge on any atom is -0.469 e. The normalized spacial score (nSPS) is 22.0. The Bertz CT molecular complexity index is 1640. The summed E-state index contributed by atoms with van der Waals surface area (Å²) in [6.45, 7) is 2.71. The van der Waals surface area contributed by atoms with Gasteiger partial charge in [0.2, 0.25) is 0 Å². The van der Waals surface area contributed by atoms with E-state index < -0.39 is 5.82 Å². The molecule has 7 rings (SSSR count). The number of halogens is 1. The lowest BCUT2D eigenvalue weighted by atomic mass is 9.93. The molecule has 2 aromatic carbocycles. The van der Waals surface area contributed by atoms with Gasteiger partial charge in [-0.05, 0) is 73.4 Å². The summed E-state index contributed by atoms with van der Waals surface area (Å²) in [5.41, 5.74) is 5.98. The van der Waals surface area contributed by atoms with Gasteiger partial charge in [0.25, 0.3) is 5.91 Å². The fourth-order valence-electron chi connectivity index (χ4n) is 6.05. The van der Waals surface area contributed by atoms with Crippen molar-refractivity contribution in [3.63, 3.8) is 0 Å². The van der Waals surface area contributed by atoms with Crippen LogP contribution in [-0.4, -0.2) is 45.0 Å². The Morgan fingerprint density at radius 2 is 1.90 bits per heavy atom. The lowest BCUT2D eigenvalue weighted by molar-refractivity contribution is -0.142. The molecular formula is C31H29FN4O3. The second-order valence-corrected chi connectivity index (χ2v) is 11.0. The maximum absolute atomic E-state index is 15.3. The third kappa shape index (κ3) is 4.09. The Kier molecular flexibility index (Phi) is 5.54. The number of aromatic nitrogens is 3. The summed E-state index contributed by atoms with van der Waals surface area (Å²) < 4.78 is 21.9.